The number of nitrogens with one attached hydrogen (secondary N) is 2. The summed E-state index contributed by atoms with van der Waals surface area (Å²) in [6.07, 6.45) is 5.07. The number of aromatic nitrogens is 3. The third-order valence-corrected chi connectivity index (χ3v) is 5.06. The molecule has 7 heteroatoms. The number of hydrogen-bond acceptors (Lipinski definition) is 4. The number of hydrogen-bond donors (Lipinski definition) is 2. The van der Waals surface area contributed by atoms with Crippen LogP contribution in [0, 0.1) is 6.92 Å². The lowest BCUT2D eigenvalue weighted by Crippen LogP contribution is -2.30. The number of benzene rings is 2. The molecule has 2 N–H and O–H groups in total. The number of amides is 2. The molecule has 4 aromatic rings. The standard InChI is InChI=1S/C26H25N5O2/c1-17(2)28-25(32)22-12-11-20(14-18(22)3)29-26(33)23-16-31(21-9-5-4-6-10-21)30-24(23)19-8-7-13-27-15-19/h4-17H,1-3H3,(H,28,32)(H,29,33). The van der Waals surface area contributed by atoms with Crippen LogP contribution in [0.3, 0.4) is 0 Å². The zero-order chi connectivity index (χ0) is 23.4. The molecule has 0 spiro atoms. The minimum absolute atomic E-state index is 0.0447. The van der Waals surface area contributed by atoms with Crippen molar-refractivity contribution >= 4 is 17.5 Å². The van der Waals surface area contributed by atoms with E-state index in [1.807, 2.05) is 63.2 Å². The third kappa shape index (κ3) is 4.98. The summed E-state index contributed by atoms with van der Waals surface area (Å²) < 4.78 is 1.68. The first-order valence-corrected chi connectivity index (χ1v) is 10.7. The van der Waals surface area contributed by atoms with Gasteiger partial charge in [0.15, 0.2) is 0 Å². The van der Waals surface area contributed by atoms with Gasteiger partial charge in [-0.2, -0.15) is 5.10 Å². The minimum atomic E-state index is -0.296. The highest BCUT2D eigenvalue weighted by molar-refractivity contribution is 6.08. The molecule has 4 rings (SSSR count). The molecule has 0 aliphatic heterocycles. The fourth-order valence-electron chi connectivity index (χ4n) is 3.50. The van der Waals surface area contributed by atoms with Gasteiger partial charge in [-0.05, 0) is 68.8 Å². The van der Waals surface area contributed by atoms with Crippen LogP contribution >= 0.6 is 0 Å². The number of pyridine rings is 1. The number of carbonyl (C=O) groups is 2. The molecule has 0 radical (unpaired) electrons. The number of aryl methyl sites for hydroxylation is 1. The van der Waals surface area contributed by atoms with Crippen molar-refractivity contribution in [2.75, 3.05) is 5.32 Å². The first-order chi connectivity index (χ1) is 15.9. The molecule has 0 unspecified atom stereocenters. The molecule has 2 aromatic heterocycles. The van der Waals surface area contributed by atoms with E-state index in [0.717, 1.165) is 16.8 Å². The number of carbonyl (C=O) groups excluding carboxylic acids is 2. The van der Waals surface area contributed by atoms with Crippen molar-refractivity contribution in [2.45, 2.75) is 26.8 Å². The van der Waals surface area contributed by atoms with Crippen molar-refractivity contribution < 1.29 is 9.59 Å². The molecule has 0 fully saturated rings. The van der Waals surface area contributed by atoms with Gasteiger partial charge in [-0.1, -0.05) is 18.2 Å². The Hall–Kier alpha value is -4.26. The van der Waals surface area contributed by atoms with E-state index in [1.165, 1.54) is 0 Å². The quantitative estimate of drug-likeness (QED) is 0.458. The second-order valence-corrected chi connectivity index (χ2v) is 8.03. The van der Waals surface area contributed by atoms with E-state index in [4.69, 9.17) is 0 Å². The molecule has 0 atom stereocenters. The van der Waals surface area contributed by atoms with Crippen LogP contribution in [0.15, 0.2) is 79.3 Å². The third-order valence-electron chi connectivity index (χ3n) is 5.06. The van der Waals surface area contributed by atoms with E-state index in [-0.39, 0.29) is 17.9 Å². The van der Waals surface area contributed by atoms with E-state index in [0.29, 0.717) is 22.5 Å². The summed E-state index contributed by atoms with van der Waals surface area (Å²) in [6.45, 7) is 5.67. The zero-order valence-corrected chi connectivity index (χ0v) is 18.7. The number of nitrogens with zero attached hydrogens (tertiary/aromatic N) is 3. The summed E-state index contributed by atoms with van der Waals surface area (Å²) in [5.74, 6) is -0.432. The lowest BCUT2D eigenvalue weighted by molar-refractivity contribution is 0.0942. The van der Waals surface area contributed by atoms with Gasteiger partial charge in [0.1, 0.15) is 5.69 Å². The molecular weight excluding hydrogens is 414 g/mol. The molecule has 33 heavy (non-hydrogen) atoms. The molecule has 0 aliphatic rings. The maximum atomic E-state index is 13.3. The second kappa shape index (κ2) is 9.48. The summed E-state index contributed by atoms with van der Waals surface area (Å²) in [5.41, 5.74) is 4.50. The van der Waals surface area contributed by atoms with E-state index in [2.05, 4.69) is 20.7 Å². The van der Waals surface area contributed by atoms with Crippen molar-refractivity contribution in [1.29, 1.82) is 0 Å². The molecule has 0 saturated heterocycles. The van der Waals surface area contributed by atoms with E-state index in [1.54, 1.807) is 41.5 Å². The smallest absolute Gasteiger partial charge is 0.259 e. The lowest BCUT2D eigenvalue weighted by Gasteiger charge is -2.12. The van der Waals surface area contributed by atoms with Gasteiger partial charge < -0.3 is 10.6 Å². The van der Waals surface area contributed by atoms with Crippen LogP contribution in [-0.2, 0) is 0 Å². The maximum absolute atomic E-state index is 13.3. The highest BCUT2D eigenvalue weighted by Crippen LogP contribution is 2.25. The fourth-order valence-corrected chi connectivity index (χ4v) is 3.50. The van der Waals surface area contributed by atoms with E-state index >= 15 is 0 Å². The fraction of sp³-hybridized carbons (Fsp3) is 0.154. The Balaban J connectivity index is 1.65. The van der Waals surface area contributed by atoms with Crippen LogP contribution in [0.4, 0.5) is 5.69 Å². The van der Waals surface area contributed by atoms with Gasteiger partial charge in [-0.15, -0.1) is 0 Å². The Kier molecular flexibility index (Phi) is 6.31. The normalized spacial score (nSPS) is 10.8. The Labute approximate surface area is 192 Å². The molecule has 2 aromatic carbocycles. The van der Waals surface area contributed by atoms with Gasteiger partial charge >= 0.3 is 0 Å². The SMILES string of the molecule is Cc1cc(NC(=O)c2cn(-c3ccccc3)nc2-c2cccnc2)ccc1C(=O)NC(C)C. The minimum Gasteiger partial charge on any atom is -0.350 e. The topological polar surface area (TPSA) is 88.9 Å². The lowest BCUT2D eigenvalue weighted by atomic mass is 10.1. The maximum Gasteiger partial charge on any atom is 0.259 e. The monoisotopic (exact) mass is 439 g/mol. The largest absolute Gasteiger partial charge is 0.350 e. The molecule has 0 bridgehead atoms. The van der Waals surface area contributed by atoms with Crippen molar-refractivity contribution in [1.82, 2.24) is 20.1 Å². The van der Waals surface area contributed by atoms with Crippen LogP contribution in [0.2, 0.25) is 0 Å². The summed E-state index contributed by atoms with van der Waals surface area (Å²) in [5, 5.41) is 10.5. The van der Waals surface area contributed by atoms with Crippen molar-refractivity contribution in [2.24, 2.45) is 0 Å². The molecule has 0 saturated carbocycles. The Morgan fingerprint density at radius 1 is 0.939 bits per heavy atom. The molecule has 0 aliphatic carbocycles. The van der Waals surface area contributed by atoms with Crippen LogP contribution in [0.5, 0.6) is 0 Å². The first-order valence-electron chi connectivity index (χ1n) is 10.7. The average molecular weight is 440 g/mol. The highest BCUT2D eigenvalue weighted by atomic mass is 16.2. The highest BCUT2D eigenvalue weighted by Gasteiger charge is 2.20. The molecular formula is C26H25N5O2. The van der Waals surface area contributed by atoms with Crippen LogP contribution in [0.1, 0.15) is 40.1 Å². The van der Waals surface area contributed by atoms with Crippen molar-refractivity contribution in [3.8, 4) is 16.9 Å². The predicted molar refractivity (Wildman–Crippen MR) is 129 cm³/mol. The molecule has 2 heterocycles. The van der Waals surface area contributed by atoms with Gasteiger partial charge in [0.05, 0.1) is 11.3 Å². The van der Waals surface area contributed by atoms with Gasteiger partial charge in [0.25, 0.3) is 11.8 Å². The molecule has 7 nitrogen and oxygen atoms in total. The zero-order valence-electron chi connectivity index (χ0n) is 18.7. The predicted octanol–water partition coefficient (Wildman–Crippen LogP) is 4.63. The van der Waals surface area contributed by atoms with Gasteiger partial charge in [0.2, 0.25) is 0 Å². The number of anilines is 1. The Morgan fingerprint density at radius 3 is 2.39 bits per heavy atom. The summed E-state index contributed by atoms with van der Waals surface area (Å²) >= 11 is 0. The van der Waals surface area contributed by atoms with Gasteiger partial charge in [0, 0.05) is 41.4 Å². The number of rotatable bonds is 6. The average Bonchev–Trinajstić information content (AvgIpc) is 3.26. The Morgan fingerprint density at radius 2 is 1.73 bits per heavy atom. The van der Waals surface area contributed by atoms with E-state index in [9.17, 15) is 9.59 Å². The Bertz CT molecular complexity index is 1280. The summed E-state index contributed by atoms with van der Waals surface area (Å²) in [4.78, 5) is 29.8. The summed E-state index contributed by atoms with van der Waals surface area (Å²) in [6, 6.07) is 18.6. The van der Waals surface area contributed by atoms with Crippen LogP contribution in [0.25, 0.3) is 16.9 Å². The number of para-hydroxylation sites is 1. The van der Waals surface area contributed by atoms with Crippen LogP contribution in [-0.4, -0.2) is 32.6 Å². The van der Waals surface area contributed by atoms with Crippen molar-refractivity contribution in [3.05, 3.63) is 95.9 Å². The second-order valence-electron chi connectivity index (χ2n) is 8.03. The van der Waals surface area contributed by atoms with E-state index < -0.39 is 0 Å². The summed E-state index contributed by atoms with van der Waals surface area (Å²) in [7, 11) is 0. The molecule has 166 valence electrons. The van der Waals surface area contributed by atoms with Gasteiger partial charge in [-0.25, -0.2) is 4.68 Å². The first kappa shape index (κ1) is 22.0. The van der Waals surface area contributed by atoms with Crippen LogP contribution < -0.4 is 10.6 Å². The van der Waals surface area contributed by atoms with Crippen molar-refractivity contribution in [3.63, 3.8) is 0 Å². The van der Waals surface area contributed by atoms with Gasteiger partial charge in [-0.3, -0.25) is 14.6 Å². The molecule has 2 amide bonds.